The van der Waals surface area contributed by atoms with Crippen molar-refractivity contribution in [2.45, 2.75) is 0 Å². The van der Waals surface area contributed by atoms with Crippen LogP contribution in [0.1, 0.15) is 5.56 Å². The van der Waals surface area contributed by atoms with Crippen LogP contribution >= 0.6 is 27.5 Å². The topological polar surface area (TPSA) is 54.4 Å². The van der Waals surface area contributed by atoms with Gasteiger partial charge in [0.15, 0.2) is 0 Å². The molecule has 0 saturated carbocycles. The maximum absolute atomic E-state index is 12.5. The minimum atomic E-state index is -0.204. The monoisotopic (exact) mass is 537 g/mol. The summed E-state index contributed by atoms with van der Waals surface area (Å²) in [6.45, 7) is 0. The number of aliphatic imine (C=N–C) groups is 1. The molecular weight excluding hydrogens is 522 g/mol. The van der Waals surface area contributed by atoms with Crippen molar-refractivity contribution < 1.29 is 4.79 Å². The number of aromatic nitrogens is 1. The van der Waals surface area contributed by atoms with Gasteiger partial charge < -0.3 is 5.32 Å². The first kappa shape index (κ1) is 21.7. The van der Waals surface area contributed by atoms with Crippen molar-refractivity contribution in [2.24, 2.45) is 4.99 Å². The molecule has 6 rings (SSSR count). The molecule has 1 aliphatic heterocycles. The highest BCUT2D eigenvalue weighted by Gasteiger charge is 2.26. The quantitative estimate of drug-likeness (QED) is 0.253. The molecule has 0 bridgehead atoms. The molecule has 0 saturated heterocycles. The molecule has 0 spiro atoms. The molecule has 0 radical (unpaired) electrons. The Hall–Kier alpha value is -3.80. The van der Waals surface area contributed by atoms with Crippen LogP contribution in [0.15, 0.2) is 107 Å². The van der Waals surface area contributed by atoms with Crippen LogP contribution in [-0.2, 0) is 4.79 Å². The summed E-state index contributed by atoms with van der Waals surface area (Å²) in [5.41, 5.74) is 7.51. The molecule has 0 fully saturated rings. The van der Waals surface area contributed by atoms with Crippen LogP contribution in [0.4, 0.5) is 11.4 Å². The van der Waals surface area contributed by atoms with E-state index in [2.05, 4.69) is 44.4 Å². The summed E-state index contributed by atoms with van der Waals surface area (Å²) in [6.07, 6.45) is 0. The van der Waals surface area contributed by atoms with Gasteiger partial charge >= 0.3 is 0 Å². The first-order chi connectivity index (χ1) is 17.0. The van der Waals surface area contributed by atoms with Crippen molar-refractivity contribution in [3.8, 4) is 22.4 Å². The third kappa shape index (κ3) is 4.14. The van der Waals surface area contributed by atoms with Gasteiger partial charge in [-0.25, -0.2) is 9.98 Å². The molecule has 6 heteroatoms. The molecule has 5 aromatic rings. The highest BCUT2D eigenvalue weighted by molar-refractivity contribution is 9.10. The summed E-state index contributed by atoms with van der Waals surface area (Å²) in [5, 5.41) is 4.55. The number of benzene rings is 4. The summed E-state index contributed by atoms with van der Waals surface area (Å²) in [7, 11) is 0. The number of anilines is 1. The van der Waals surface area contributed by atoms with Crippen molar-refractivity contribution in [1.82, 2.24) is 4.98 Å². The fourth-order valence-corrected chi connectivity index (χ4v) is 4.81. The van der Waals surface area contributed by atoms with Gasteiger partial charge in [0.25, 0.3) is 5.91 Å². The zero-order valence-corrected chi connectivity index (χ0v) is 20.6. The second-order valence-electron chi connectivity index (χ2n) is 8.23. The molecule has 4 nitrogen and oxygen atoms in total. The predicted molar refractivity (Wildman–Crippen MR) is 147 cm³/mol. The Morgan fingerprint density at radius 2 is 1.60 bits per heavy atom. The van der Waals surface area contributed by atoms with Gasteiger partial charge in [0.1, 0.15) is 5.71 Å². The van der Waals surface area contributed by atoms with Gasteiger partial charge in [-0.1, -0.05) is 70.0 Å². The minimum absolute atomic E-state index is 0.204. The standard InChI is InChI=1S/C29H17BrClN3O/c30-19-8-12-26-24(14-19)28(29(35)34-26)32-21-10-6-18(7-11-21)27-16-22(17-4-2-1-3-5-17)23-15-20(31)9-13-25(23)33-27/h1-16H,(H,32,34,35). The summed E-state index contributed by atoms with van der Waals surface area (Å²) < 4.78 is 0.897. The number of nitrogens with one attached hydrogen (secondary N) is 1. The number of amides is 1. The number of hydrogen-bond acceptors (Lipinski definition) is 3. The molecule has 0 unspecified atom stereocenters. The van der Waals surface area contributed by atoms with E-state index in [9.17, 15) is 4.79 Å². The van der Waals surface area contributed by atoms with Gasteiger partial charge in [-0.05, 0) is 65.7 Å². The van der Waals surface area contributed by atoms with E-state index in [1.54, 1.807) is 0 Å². The maximum Gasteiger partial charge on any atom is 0.275 e. The van der Waals surface area contributed by atoms with Crippen LogP contribution in [0.2, 0.25) is 5.02 Å². The summed E-state index contributed by atoms with van der Waals surface area (Å²) in [5.74, 6) is -0.204. The Labute approximate surface area is 215 Å². The Balaban J connectivity index is 1.41. The lowest BCUT2D eigenvalue weighted by atomic mass is 9.98. The largest absolute Gasteiger partial charge is 0.320 e. The maximum atomic E-state index is 12.5. The Morgan fingerprint density at radius 1 is 0.800 bits per heavy atom. The fourth-order valence-electron chi connectivity index (χ4n) is 4.27. The van der Waals surface area contributed by atoms with Crippen molar-refractivity contribution in [1.29, 1.82) is 0 Å². The highest BCUT2D eigenvalue weighted by Crippen LogP contribution is 2.34. The van der Waals surface area contributed by atoms with Crippen LogP contribution < -0.4 is 5.32 Å². The van der Waals surface area contributed by atoms with E-state index >= 15 is 0 Å². The van der Waals surface area contributed by atoms with Crippen molar-refractivity contribution in [2.75, 3.05) is 5.32 Å². The van der Waals surface area contributed by atoms with E-state index in [1.165, 1.54) is 0 Å². The highest BCUT2D eigenvalue weighted by atomic mass is 79.9. The summed E-state index contributed by atoms with van der Waals surface area (Å²) >= 11 is 9.77. The fraction of sp³-hybridized carbons (Fsp3) is 0. The number of fused-ring (bicyclic) bond motifs is 2. The zero-order chi connectivity index (χ0) is 23.9. The molecule has 1 aliphatic rings. The number of carbonyl (C=O) groups excluding carboxylic acids is 1. The van der Waals surface area contributed by atoms with Crippen molar-refractivity contribution in [3.63, 3.8) is 0 Å². The van der Waals surface area contributed by atoms with Crippen LogP contribution in [-0.4, -0.2) is 16.6 Å². The van der Waals surface area contributed by atoms with E-state index in [4.69, 9.17) is 16.6 Å². The van der Waals surface area contributed by atoms with Crippen LogP contribution in [0.25, 0.3) is 33.3 Å². The molecule has 1 amide bonds. The number of pyridine rings is 1. The first-order valence-electron chi connectivity index (χ1n) is 11.0. The van der Waals surface area contributed by atoms with Gasteiger partial charge in [0.05, 0.1) is 22.6 Å². The van der Waals surface area contributed by atoms with Crippen molar-refractivity contribution >= 4 is 61.4 Å². The van der Waals surface area contributed by atoms with Gasteiger partial charge in [0.2, 0.25) is 0 Å². The SMILES string of the molecule is O=C1Nc2ccc(Br)cc2C1=Nc1ccc(-c2cc(-c3ccccc3)c3cc(Cl)ccc3n2)cc1. The van der Waals surface area contributed by atoms with E-state index in [0.29, 0.717) is 16.4 Å². The van der Waals surface area contributed by atoms with Gasteiger partial charge in [-0.3, -0.25) is 4.79 Å². The van der Waals surface area contributed by atoms with Gasteiger partial charge in [-0.15, -0.1) is 0 Å². The van der Waals surface area contributed by atoms with Crippen LogP contribution in [0.5, 0.6) is 0 Å². The zero-order valence-electron chi connectivity index (χ0n) is 18.3. The van der Waals surface area contributed by atoms with E-state index in [0.717, 1.165) is 49.0 Å². The smallest absolute Gasteiger partial charge is 0.275 e. The summed E-state index contributed by atoms with van der Waals surface area (Å²) in [4.78, 5) is 22.0. The second kappa shape index (κ2) is 8.77. The molecule has 0 aliphatic carbocycles. The second-order valence-corrected chi connectivity index (χ2v) is 9.59. The Morgan fingerprint density at radius 3 is 2.40 bits per heavy atom. The van der Waals surface area contributed by atoms with Gasteiger partial charge in [0, 0.05) is 26.0 Å². The number of nitrogens with zero attached hydrogens (tertiary/aromatic N) is 2. The minimum Gasteiger partial charge on any atom is -0.320 e. The molecule has 0 atom stereocenters. The number of hydrogen-bond donors (Lipinski definition) is 1. The Kier molecular flexibility index (Phi) is 5.44. The average Bonchev–Trinajstić information content (AvgIpc) is 3.18. The summed E-state index contributed by atoms with van der Waals surface area (Å²) in [6, 6.07) is 31.5. The number of rotatable bonds is 3. The van der Waals surface area contributed by atoms with Crippen LogP contribution in [0.3, 0.4) is 0 Å². The third-order valence-electron chi connectivity index (χ3n) is 5.96. The first-order valence-corrected chi connectivity index (χ1v) is 12.2. The van der Waals surface area contributed by atoms with Gasteiger partial charge in [-0.2, -0.15) is 0 Å². The predicted octanol–water partition coefficient (Wildman–Crippen LogP) is 8.06. The lowest BCUT2D eigenvalue weighted by molar-refractivity contribution is -0.110. The van der Waals surface area contributed by atoms with E-state index in [1.807, 2.05) is 78.9 Å². The van der Waals surface area contributed by atoms with E-state index in [-0.39, 0.29) is 5.91 Å². The van der Waals surface area contributed by atoms with Crippen molar-refractivity contribution in [3.05, 3.63) is 112 Å². The normalized spacial score (nSPS) is 13.8. The lowest BCUT2D eigenvalue weighted by Crippen LogP contribution is -2.13. The average molecular weight is 539 g/mol. The molecule has 1 N–H and O–H groups in total. The Bertz CT molecular complexity index is 1650. The molecule has 2 heterocycles. The molecule has 168 valence electrons. The lowest BCUT2D eigenvalue weighted by Gasteiger charge is -2.11. The third-order valence-corrected chi connectivity index (χ3v) is 6.69. The molecule has 4 aromatic carbocycles. The molecule has 1 aromatic heterocycles. The molecular formula is C29H17BrClN3O. The molecule has 35 heavy (non-hydrogen) atoms. The number of halogens is 2. The van der Waals surface area contributed by atoms with E-state index < -0.39 is 0 Å². The van der Waals surface area contributed by atoms with Crippen LogP contribution in [0, 0.1) is 0 Å². The number of carbonyl (C=O) groups is 1.